The molecule has 1 fully saturated rings. The summed E-state index contributed by atoms with van der Waals surface area (Å²) in [7, 11) is 0. The zero-order valence-corrected chi connectivity index (χ0v) is 13.2. The lowest BCUT2D eigenvalue weighted by Crippen LogP contribution is -2.35. The number of hydrogen-bond donors (Lipinski definition) is 1. The van der Waals surface area contributed by atoms with E-state index in [9.17, 15) is 14.0 Å². The van der Waals surface area contributed by atoms with E-state index in [4.69, 9.17) is 9.52 Å². The van der Waals surface area contributed by atoms with E-state index in [2.05, 4.69) is 4.98 Å². The first kappa shape index (κ1) is 16.2. The zero-order chi connectivity index (χ0) is 17.3. The predicted molar refractivity (Wildman–Crippen MR) is 82.0 cm³/mol. The molecule has 1 aliphatic rings. The van der Waals surface area contributed by atoms with Crippen LogP contribution in [0.25, 0.3) is 0 Å². The molecule has 0 atom stereocenters. The second-order valence-electron chi connectivity index (χ2n) is 5.92. The Kier molecular flexibility index (Phi) is 4.33. The smallest absolute Gasteiger partial charge is 0.323 e. The first-order valence-electron chi connectivity index (χ1n) is 7.67. The number of oxazole rings is 1. The number of aromatic nitrogens is 1. The van der Waals surface area contributed by atoms with Gasteiger partial charge in [-0.25, -0.2) is 9.37 Å². The average Bonchev–Trinajstić information content (AvgIpc) is 3.30. The maximum absolute atomic E-state index is 13.0. The second kappa shape index (κ2) is 6.43. The first-order valence-corrected chi connectivity index (χ1v) is 7.67. The molecule has 0 unspecified atom stereocenters. The highest BCUT2D eigenvalue weighted by Crippen LogP contribution is 2.40. The van der Waals surface area contributed by atoms with Crippen molar-refractivity contribution < 1.29 is 23.5 Å². The highest BCUT2D eigenvalue weighted by molar-refractivity contribution is 5.94. The third-order valence-electron chi connectivity index (χ3n) is 3.83. The molecule has 1 saturated carbocycles. The van der Waals surface area contributed by atoms with Crippen LogP contribution >= 0.6 is 0 Å². The van der Waals surface area contributed by atoms with Gasteiger partial charge < -0.3 is 14.4 Å². The number of benzene rings is 1. The van der Waals surface area contributed by atoms with Gasteiger partial charge in [-0.1, -0.05) is 12.1 Å². The van der Waals surface area contributed by atoms with Crippen molar-refractivity contribution in [2.75, 3.05) is 6.54 Å². The SMILES string of the molecule is Cc1nc(C2CC2)oc1C(=O)N(CC(=O)O)Cc1ccc(F)cc1. The normalized spacial score (nSPS) is 13.8. The topological polar surface area (TPSA) is 83.6 Å². The molecule has 1 aromatic heterocycles. The minimum Gasteiger partial charge on any atom is -0.480 e. The predicted octanol–water partition coefficient (Wildman–Crippen LogP) is 2.73. The molecule has 6 nitrogen and oxygen atoms in total. The van der Waals surface area contributed by atoms with Crippen LogP contribution in [0.1, 0.15) is 46.5 Å². The molecule has 0 bridgehead atoms. The fourth-order valence-corrected chi connectivity index (χ4v) is 2.44. The van der Waals surface area contributed by atoms with E-state index in [-0.39, 0.29) is 18.2 Å². The van der Waals surface area contributed by atoms with E-state index in [1.807, 2.05) is 0 Å². The Morgan fingerprint density at radius 3 is 2.58 bits per heavy atom. The van der Waals surface area contributed by atoms with Crippen molar-refractivity contribution in [1.82, 2.24) is 9.88 Å². The highest BCUT2D eigenvalue weighted by Gasteiger charge is 2.32. The van der Waals surface area contributed by atoms with Crippen LogP contribution in [0.4, 0.5) is 4.39 Å². The summed E-state index contributed by atoms with van der Waals surface area (Å²) >= 11 is 0. The Morgan fingerprint density at radius 1 is 1.33 bits per heavy atom. The largest absolute Gasteiger partial charge is 0.480 e. The molecule has 7 heteroatoms. The minimum absolute atomic E-state index is 0.0459. The molecular formula is C17H17FN2O4. The summed E-state index contributed by atoms with van der Waals surface area (Å²) in [5.74, 6) is -1.19. The minimum atomic E-state index is -1.13. The molecule has 1 heterocycles. The summed E-state index contributed by atoms with van der Waals surface area (Å²) in [6.07, 6.45) is 1.98. The number of nitrogens with zero attached hydrogens (tertiary/aromatic N) is 2. The summed E-state index contributed by atoms with van der Waals surface area (Å²) in [4.78, 5) is 29.2. The van der Waals surface area contributed by atoms with Crippen molar-refractivity contribution in [2.45, 2.75) is 32.2 Å². The van der Waals surface area contributed by atoms with Crippen molar-refractivity contribution >= 4 is 11.9 Å². The summed E-state index contributed by atoms with van der Waals surface area (Å²) in [6.45, 7) is 1.24. The fraction of sp³-hybridized carbons (Fsp3) is 0.353. The lowest BCUT2D eigenvalue weighted by atomic mass is 10.2. The standard InChI is InChI=1S/C17H17FN2O4/c1-10-15(24-16(19-10)12-4-5-12)17(23)20(9-14(21)22)8-11-2-6-13(18)7-3-11/h2-3,6-7,12H,4-5,8-9H2,1H3,(H,21,22). The molecule has 2 aromatic rings. The lowest BCUT2D eigenvalue weighted by Gasteiger charge is -2.19. The third kappa shape index (κ3) is 3.61. The molecule has 1 N–H and O–H groups in total. The number of rotatable bonds is 6. The molecule has 0 aliphatic heterocycles. The maximum atomic E-state index is 13.0. The maximum Gasteiger partial charge on any atom is 0.323 e. The molecule has 0 radical (unpaired) electrons. The van der Waals surface area contributed by atoms with Gasteiger partial charge in [-0.05, 0) is 37.5 Å². The Balaban J connectivity index is 1.82. The van der Waals surface area contributed by atoms with Crippen LogP contribution in [-0.4, -0.2) is 33.4 Å². The van der Waals surface area contributed by atoms with Crippen molar-refractivity contribution in [1.29, 1.82) is 0 Å². The number of carboxylic acids is 1. The van der Waals surface area contributed by atoms with Gasteiger partial charge in [0.25, 0.3) is 5.91 Å². The molecule has 1 amide bonds. The van der Waals surface area contributed by atoms with E-state index in [1.165, 1.54) is 24.3 Å². The Bertz CT molecular complexity index is 765. The number of aryl methyl sites for hydroxylation is 1. The Labute approximate surface area is 137 Å². The summed E-state index contributed by atoms with van der Waals surface area (Å²) in [6, 6.07) is 5.56. The van der Waals surface area contributed by atoms with Gasteiger partial charge >= 0.3 is 5.97 Å². The second-order valence-corrected chi connectivity index (χ2v) is 5.92. The highest BCUT2D eigenvalue weighted by atomic mass is 19.1. The van der Waals surface area contributed by atoms with Crippen LogP contribution in [0.15, 0.2) is 28.7 Å². The van der Waals surface area contributed by atoms with Crippen LogP contribution in [0, 0.1) is 12.7 Å². The van der Waals surface area contributed by atoms with Crippen molar-refractivity contribution in [3.8, 4) is 0 Å². The molecule has 1 aliphatic carbocycles. The monoisotopic (exact) mass is 332 g/mol. The third-order valence-corrected chi connectivity index (χ3v) is 3.83. The van der Waals surface area contributed by atoms with Gasteiger partial charge in [0.15, 0.2) is 5.89 Å². The lowest BCUT2D eigenvalue weighted by molar-refractivity contribution is -0.137. The van der Waals surface area contributed by atoms with Crippen LogP contribution in [0.2, 0.25) is 0 Å². The van der Waals surface area contributed by atoms with Gasteiger partial charge in [-0.2, -0.15) is 0 Å². The van der Waals surface area contributed by atoms with E-state index in [0.717, 1.165) is 17.7 Å². The van der Waals surface area contributed by atoms with Crippen LogP contribution in [0.5, 0.6) is 0 Å². The quantitative estimate of drug-likeness (QED) is 0.879. The summed E-state index contributed by atoms with van der Waals surface area (Å²) in [5.41, 5.74) is 1.09. The van der Waals surface area contributed by atoms with Gasteiger partial charge in [-0.3, -0.25) is 9.59 Å². The molecule has 0 spiro atoms. The molecule has 1 aromatic carbocycles. The molecule has 3 rings (SSSR count). The number of halogens is 1. The Hall–Kier alpha value is -2.70. The number of hydrogen-bond acceptors (Lipinski definition) is 4. The average molecular weight is 332 g/mol. The molecular weight excluding hydrogens is 315 g/mol. The van der Waals surface area contributed by atoms with Gasteiger partial charge in [0.1, 0.15) is 12.4 Å². The fourth-order valence-electron chi connectivity index (χ4n) is 2.44. The van der Waals surface area contributed by atoms with E-state index in [1.54, 1.807) is 6.92 Å². The summed E-state index contributed by atoms with van der Waals surface area (Å²) < 4.78 is 18.6. The van der Waals surface area contributed by atoms with Gasteiger partial charge in [-0.15, -0.1) is 0 Å². The number of carbonyl (C=O) groups is 2. The van der Waals surface area contributed by atoms with Crippen molar-refractivity contribution in [3.05, 3.63) is 53.0 Å². The number of carbonyl (C=O) groups excluding carboxylic acids is 1. The van der Waals surface area contributed by atoms with E-state index in [0.29, 0.717) is 17.1 Å². The van der Waals surface area contributed by atoms with Crippen LogP contribution in [0.3, 0.4) is 0 Å². The van der Waals surface area contributed by atoms with Gasteiger partial charge in [0, 0.05) is 12.5 Å². The number of amides is 1. The number of aliphatic carboxylic acids is 1. The Morgan fingerprint density at radius 2 is 2.00 bits per heavy atom. The number of carboxylic acid groups (broad SMARTS) is 1. The van der Waals surface area contributed by atoms with Crippen molar-refractivity contribution in [3.63, 3.8) is 0 Å². The first-order chi connectivity index (χ1) is 11.4. The van der Waals surface area contributed by atoms with Crippen LogP contribution < -0.4 is 0 Å². The van der Waals surface area contributed by atoms with E-state index < -0.39 is 24.2 Å². The van der Waals surface area contributed by atoms with E-state index >= 15 is 0 Å². The van der Waals surface area contributed by atoms with Crippen LogP contribution in [-0.2, 0) is 11.3 Å². The van der Waals surface area contributed by atoms with Gasteiger partial charge in [0.05, 0.1) is 5.69 Å². The summed E-state index contributed by atoms with van der Waals surface area (Å²) in [5, 5.41) is 9.07. The molecule has 0 saturated heterocycles. The molecule has 24 heavy (non-hydrogen) atoms. The molecule has 126 valence electrons. The van der Waals surface area contributed by atoms with Crippen molar-refractivity contribution in [2.24, 2.45) is 0 Å². The zero-order valence-electron chi connectivity index (χ0n) is 13.2. The van der Waals surface area contributed by atoms with Gasteiger partial charge in [0.2, 0.25) is 5.76 Å².